The summed E-state index contributed by atoms with van der Waals surface area (Å²) in [5, 5.41) is 12.6. The molecule has 20 heavy (non-hydrogen) atoms. The minimum Gasteiger partial charge on any atom is -0.480 e. The van der Waals surface area contributed by atoms with Gasteiger partial charge < -0.3 is 15.3 Å². The van der Waals surface area contributed by atoms with Crippen LogP contribution in [0.1, 0.15) is 46.5 Å². The molecule has 1 rings (SSSR count). The van der Waals surface area contributed by atoms with Crippen LogP contribution in [0.25, 0.3) is 0 Å². The van der Waals surface area contributed by atoms with Crippen molar-refractivity contribution in [1.29, 1.82) is 0 Å². The summed E-state index contributed by atoms with van der Waals surface area (Å²) < 4.78 is 0. The molecule has 0 aromatic carbocycles. The summed E-state index contributed by atoms with van der Waals surface area (Å²) in [4.78, 5) is 24.5. The van der Waals surface area contributed by atoms with Crippen LogP contribution in [0.15, 0.2) is 0 Å². The van der Waals surface area contributed by atoms with E-state index in [1.165, 1.54) is 4.90 Å². The molecule has 1 saturated carbocycles. The zero-order chi connectivity index (χ0) is 15.1. The normalized spacial score (nSPS) is 23.4. The summed E-state index contributed by atoms with van der Waals surface area (Å²) in [6.07, 6.45) is 3.86. The smallest absolute Gasteiger partial charge is 0.323 e. The van der Waals surface area contributed by atoms with Gasteiger partial charge in [0, 0.05) is 17.3 Å². The molecule has 0 saturated heterocycles. The van der Waals surface area contributed by atoms with Gasteiger partial charge in [-0.25, -0.2) is 4.79 Å². The van der Waals surface area contributed by atoms with Crippen LogP contribution < -0.4 is 5.32 Å². The number of carbonyl (C=O) groups excluding carboxylic acids is 1. The van der Waals surface area contributed by atoms with E-state index in [2.05, 4.69) is 12.2 Å². The number of nitrogens with one attached hydrogen (secondary N) is 1. The highest BCUT2D eigenvalue weighted by molar-refractivity contribution is 7.99. The number of carboxylic acids is 1. The van der Waals surface area contributed by atoms with Crippen molar-refractivity contribution >= 4 is 23.8 Å². The molecule has 2 N–H and O–H groups in total. The molecule has 0 aromatic rings. The quantitative estimate of drug-likeness (QED) is 0.758. The zero-order valence-electron chi connectivity index (χ0n) is 12.6. The SMILES string of the molecule is CCSC1CCC(NC(=O)N(CC(=O)O)C(C)CC)C1. The number of hydrogen-bond acceptors (Lipinski definition) is 3. The predicted molar refractivity (Wildman–Crippen MR) is 82.2 cm³/mol. The van der Waals surface area contributed by atoms with E-state index in [1.807, 2.05) is 25.6 Å². The van der Waals surface area contributed by atoms with E-state index in [4.69, 9.17) is 5.11 Å². The first-order valence-corrected chi connectivity index (χ1v) is 8.43. The number of urea groups is 1. The first-order valence-electron chi connectivity index (χ1n) is 7.38. The lowest BCUT2D eigenvalue weighted by Gasteiger charge is -2.28. The van der Waals surface area contributed by atoms with Crippen molar-refractivity contribution in [2.75, 3.05) is 12.3 Å². The lowest BCUT2D eigenvalue weighted by atomic mass is 10.2. The topological polar surface area (TPSA) is 69.6 Å². The van der Waals surface area contributed by atoms with Crippen LogP contribution in [0.4, 0.5) is 4.79 Å². The average molecular weight is 302 g/mol. The molecule has 0 bridgehead atoms. The third-order valence-corrected chi connectivity index (χ3v) is 5.04. The average Bonchev–Trinajstić information content (AvgIpc) is 2.82. The van der Waals surface area contributed by atoms with E-state index in [1.54, 1.807) is 0 Å². The number of carbonyl (C=O) groups is 2. The minimum atomic E-state index is -0.966. The fourth-order valence-corrected chi connectivity index (χ4v) is 3.65. The number of amides is 2. The molecule has 3 atom stereocenters. The molecule has 1 fully saturated rings. The van der Waals surface area contributed by atoms with Crippen molar-refractivity contribution in [3.63, 3.8) is 0 Å². The Morgan fingerprint density at radius 3 is 2.65 bits per heavy atom. The molecule has 0 spiro atoms. The number of nitrogens with zero attached hydrogens (tertiary/aromatic N) is 1. The second-order valence-corrected chi connectivity index (χ2v) is 6.89. The van der Waals surface area contributed by atoms with Gasteiger partial charge in [0.1, 0.15) is 6.54 Å². The summed E-state index contributed by atoms with van der Waals surface area (Å²) in [5.74, 6) is 0.134. The first kappa shape index (κ1) is 17.1. The van der Waals surface area contributed by atoms with E-state index in [-0.39, 0.29) is 24.7 Å². The molecule has 116 valence electrons. The summed E-state index contributed by atoms with van der Waals surface area (Å²) >= 11 is 1.94. The fraction of sp³-hybridized carbons (Fsp3) is 0.857. The zero-order valence-corrected chi connectivity index (χ0v) is 13.4. The van der Waals surface area contributed by atoms with Gasteiger partial charge in [0.05, 0.1) is 0 Å². The van der Waals surface area contributed by atoms with Crippen LogP contribution in [0.5, 0.6) is 0 Å². The van der Waals surface area contributed by atoms with E-state index >= 15 is 0 Å². The molecule has 6 heteroatoms. The Morgan fingerprint density at radius 1 is 1.40 bits per heavy atom. The standard InChI is InChI=1S/C14H26N2O3S/c1-4-10(3)16(9-13(17)18)14(19)15-11-6-7-12(8-11)20-5-2/h10-12H,4-9H2,1-3H3,(H,15,19)(H,17,18). The minimum absolute atomic E-state index is 0.0617. The van der Waals surface area contributed by atoms with Crippen LogP contribution in [-0.4, -0.2) is 51.6 Å². The van der Waals surface area contributed by atoms with Gasteiger partial charge >= 0.3 is 12.0 Å². The van der Waals surface area contributed by atoms with E-state index < -0.39 is 5.97 Å². The summed E-state index contributed by atoms with van der Waals surface area (Å²) in [6, 6.07) is -0.117. The van der Waals surface area contributed by atoms with E-state index in [0.717, 1.165) is 31.4 Å². The van der Waals surface area contributed by atoms with Gasteiger partial charge in [-0.15, -0.1) is 0 Å². The highest BCUT2D eigenvalue weighted by atomic mass is 32.2. The van der Waals surface area contributed by atoms with Crippen LogP contribution in [-0.2, 0) is 4.79 Å². The van der Waals surface area contributed by atoms with Gasteiger partial charge in [-0.05, 0) is 38.4 Å². The van der Waals surface area contributed by atoms with E-state index in [0.29, 0.717) is 5.25 Å². The molecule has 0 aliphatic heterocycles. The second kappa shape index (κ2) is 8.39. The molecule has 1 aliphatic carbocycles. The van der Waals surface area contributed by atoms with Crippen molar-refractivity contribution in [2.24, 2.45) is 0 Å². The summed E-state index contributed by atoms with van der Waals surface area (Å²) in [6.45, 7) is 5.75. The van der Waals surface area contributed by atoms with Gasteiger partial charge in [0.25, 0.3) is 0 Å². The molecule has 0 aromatic heterocycles. The Labute approximate surface area is 125 Å². The van der Waals surface area contributed by atoms with Crippen molar-refractivity contribution < 1.29 is 14.7 Å². The number of rotatable bonds is 7. The van der Waals surface area contributed by atoms with Crippen molar-refractivity contribution in [2.45, 2.75) is 63.8 Å². The molecule has 2 amide bonds. The summed E-state index contributed by atoms with van der Waals surface area (Å²) in [7, 11) is 0. The van der Waals surface area contributed by atoms with E-state index in [9.17, 15) is 9.59 Å². The molecule has 5 nitrogen and oxygen atoms in total. The first-order chi connectivity index (χ1) is 9.47. The Bertz CT molecular complexity index is 338. The number of aliphatic carboxylic acids is 1. The molecule has 0 radical (unpaired) electrons. The molecular weight excluding hydrogens is 276 g/mol. The molecule has 3 unspecified atom stereocenters. The van der Waals surface area contributed by atoms with Gasteiger partial charge in [-0.2, -0.15) is 11.8 Å². The number of carboxylic acid groups (broad SMARTS) is 1. The van der Waals surface area contributed by atoms with Crippen molar-refractivity contribution in [3.8, 4) is 0 Å². The molecule has 0 heterocycles. The lowest BCUT2D eigenvalue weighted by Crippen LogP contribution is -2.49. The number of thioether (sulfide) groups is 1. The van der Waals surface area contributed by atoms with Crippen LogP contribution in [0.2, 0.25) is 0 Å². The predicted octanol–water partition coefficient (Wildman–Crippen LogP) is 2.56. The van der Waals surface area contributed by atoms with Gasteiger partial charge in [-0.3, -0.25) is 4.79 Å². The molecular formula is C14H26N2O3S. The Balaban J connectivity index is 2.51. The fourth-order valence-electron chi connectivity index (χ4n) is 2.51. The van der Waals surface area contributed by atoms with Crippen molar-refractivity contribution in [3.05, 3.63) is 0 Å². The van der Waals surface area contributed by atoms with Gasteiger partial charge in [0.2, 0.25) is 0 Å². The Hall–Kier alpha value is -0.910. The maximum atomic E-state index is 12.2. The third-order valence-electron chi connectivity index (χ3n) is 3.80. The lowest BCUT2D eigenvalue weighted by molar-refractivity contribution is -0.138. The Morgan fingerprint density at radius 2 is 2.10 bits per heavy atom. The maximum Gasteiger partial charge on any atom is 0.323 e. The Kier molecular flexibility index (Phi) is 7.19. The third kappa shape index (κ3) is 5.23. The monoisotopic (exact) mass is 302 g/mol. The van der Waals surface area contributed by atoms with Crippen molar-refractivity contribution in [1.82, 2.24) is 10.2 Å². The highest BCUT2D eigenvalue weighted by Crippen LogP contribution is 2.29. The van der Waals surface area contributed by atoms with Crippen LogP contribution in [0, 0.1) is 0 Å². The second-order valence-electron chi connectivity index (χ2n) is 5.32. The highest BCUT2D eigenvalue weighted by Gasteiger charge is 2.29. The van der Waals surface area contributed by atoms with Crippen LogP contribution >= 0.6 is 11.8 Å². The maximum absolute atomic E-state index is 12.2. The van der Waals surface area contributed by atoms with Crippen LogP contribution in [0.3, 0.4) is 0 Å². The van der Waals surface area contributed by atoms with Gasteiger partial charge in [0.15, 0.2) is 0 Å². The number of hydrogen-bond donors (Lipinski definition) is 2. The molecule has 1 aliphatic rings. The summed E-state index contributed by atoms with van der Waals surface area (Å²) in [5.41, 5.74) is 0. The largest absolute Gasteiger partial charge is 0.480 e. The van der Waals surface area contributed by atoms with Gasteiger partial charge in [-0.1, -0.05) is 13.8 Å².